The molecule has 0 bridgehead atoms. The van der Waals surface area contributed by atoms with E-state index in [9.17, 15) is 9.59 Å². The van der Waals surface area contributed by atoms with E-state index in [0.717, 1.165) is 24.2 Å². The summed E-state index contributed by atoms with van der Waals surface area (Å²) in [7, 11) is 0. The molecule has 0 unspecified atom stereocenters. The van der Waals surface area contributed by atoms with Crippen LogP contribution in [0.4, 0.5) is 5.69 Å². The highest BCUT2D eigenvalue weighted by molar-refractivity contribution is 5.95. The summed E-state index contributed by atoms with van der Waals surface area (Å²) >= 11 is 0. The number of carbonyl (C=O) groups is 2. The number of hydrogen-bond donors (Lipinski definition) is 2. The molecular weight excluding hydrogens is 294 g/mol. The predicted molar refractivity (Wildman–Crippen MR) is 86.9 cm³/mol. The average Bonchev–Trinajstić information content (AvgIpc) is 2.95. The summed E-state index contributed by atoms with van der Waals surface area (Å²) in [6.07, 6.45) is 1.47. The predicted octanol–water partition coefficient (Wildman–Crippen LogP) is 1.12. The van der Waals surface area contributed by atoms with Crippen molar-refractivity contribution in [2.75, 3.05) is 25.0 Å². The topological polar surface area (TPSA) is 70.7 Å². The van der Waals surface area contributed by atoms with Crippen molar-refractivity contribution in [1.29, 1.82) is 0 Å². The summed E-state index contributed by atoms with van der Waals surface area (Å²) in [6, 6.07) is 7.33. The third kappa shape index (κ3) is 3.89. The smallest absolute Gasteiger partial charge is 0.244 e. The molecule has 2 aliphatic heterocycles. The molecule has 6 nitrogen and oxygen atoms in total. The van der Waals surface area contributed by atoms with Gasteiger partial charge in [-0.3, -0.25) is 9.59 Å². The highest BCUT2D eigenvalue weighted by atomic mass is 16.5. The van der Waals surface area contributed by atoms with Crippen molar-refractivity contribution in [2.24, 2.45) is 0 Å². The van der Waals surface area contributed by atoms with Crippen molar-refractivity contribution >= 4 is 17.5 Å². The number of morpholine rings is 1. The highest BCUT2D eigenvalue weighted by Gasteiger charge is 2.28. The van der Waals surface area contributed by atoms with Gasteiger partial charge in [0, 0.05) is 31.7 Å². The lowest BCUT2D eigenvalue weighted by atomic mass is 10.1. The van der Waals surface area contributed by atoms with Crippen molar-refractivity contribution < 1.29 is 14.3 Å². The third-order valence-electron chi connectivity index (χ3n) is 4.37. The summed E-state index contributed by atoms with van der Waals surface area (Å²) in [6.45, 7) is 4.69. The minimum Gasteiger partial charge on any atom is -0.375 e. The van der Waals surface area contributed by atoms with E-state index in [-0.39, 0.29) is 24.0 Å². The minimum atomic E-state index is -0.328. The molecule has 2 saturated heterocycles. The van der Waals surface area contributed by atoms with E-state index in [1.165, 1.54) is 0 Å². The Balaban J connectivity index is 1.56. The number of anilines is 1. The van der Waals surface area contributed by atoms with Gasteiger partial charge in [0.05, 0.1) is 12.7 Å². The number of nitrogens with zero attached hydrogens (tertiary/aromatic N) is 1. The molecule has 3 rings (SSSR count). The van der Waals surface area contributed by atoms with Crippen molar-refractivity contribution in [3.05, 3.63) is 29.8 Å². The van der Waals surface area contributed by atoms with Gasteiger partial charge in [0.1, 0.15) is 6.04 Å². The number of hydrogen-bond acceptors (Lipinski definition) is 4. The number of amides is 2. The third-order valence-corrected chi connectivity index (χ3v) is 4.37. The molecule has 2 amide bonds. The van der Waals surface area contributed by atoms with Crippen molar-refractivity contribution in [1.82, 2.24) is 10.2 Å². The van der Waals surface area contributed by atoms with Gasteiger partial charge in [0.25, 0.3) is 0 Å². The lowest BCUT2D eigenvalue weighted by molar-refractivity contribution is -0.128. The number of benzene rings is 1. The summed E-state index contributed by atoms with van der Waals surface area (Å²) in [5.74, 6) is 0.138. The molecule has 2 aliphatic rings. The van der Waals surface area contributed by atoms with E-state index in [1.807, 2.05) is 36.1 Å². The Labute approximate surface area is 136 Å². The van der Waals surface area contributed by atoms with Crippen LogP contribution in [0, 0.1) is 0 Å². The second-order valence-corrected chi connectivity index (χ2v) is 6.11. The van der Waals surface area contributed by atoms with Gasteiger partial charge in [0.15, 0.2) is 0 Å². The zero-order valence-corrected chi connectivity index (χ0v) is 13.4. The van der Waals surface area contributed by atoms with E-state index in [2.05, 4.69) is 10.6 Å². The van der Waals surface area contributed by atoms with Crippen LogP contribution in [-0.4, -0.2) is 48.6 Å². The first-order chi connectivity index (χ1) is 11.1. The Bertz CT molecular complexity index is 573. The van der Waals surface area contributed by atoms with Crippen LogP contribution >= 0.6 is 0 Å². The summed E-state index contributed by atoms with van der Waals surface area (Å²) in [5.41, 5.74) is 1.83. The molecular formula is C17H23N3O3. The molecule has 2 fully saturated rings. The monoisotopic (exact) mass is 317 g/mol. The van der Waals surface area contributed by atoms with Crippen LogP contribution in [0.3, 0.4) is 0 Å². The Hall–Kier alpha value is -1.92. The molecule has 2 atom stereocenters. The molecule has 1 aromatic rings. The van der Waals surface area contributed by atoms with Crippen LogP contribution in [-0.2, 0) is 20.9 Å². The van der Waals surface area contributed by atoms with E-state index in [0.29, 0.717) is 26.1 Å². The van der Waals surface area contributed by atoms with E-state index in [4.69, 9.17) is 4.74 Å². The summed E-state index contributed by atoms with van der Waals surface area (Å²) in [4.78, 5) is 25.8. The van der Waals surface area contributed by atoms with Crippen molar-refractivity contribution in [3.63, 3.8) is 0 Å². The Morgan fingerprint density at radius 2 is 2.17 bits per heavy atom. The lowest BCUT2D eigenvalue weighted by Crippen LogP contribution is -2.53. The molecule has 6 heteroatoms. The van der Waals surface area contributed by atoms with Crippen LogP contribution < -0.4 is 10.6 Å². The second-order valence-electron chi connectivity index (χ2n) is 6.11. The Morgan fingerprint density at radius 3 is 2.83 bits per heavy atom. The number of ether oxygens (including phenoxy) is 1. The average molecular weight is 317 g/mol. The Morgan fingerprint density at radius 1 is 1.39 bits per heavy atom. The standard InChI is InChI=1S/C17H23N3O3/c1-12-16(18-8-10-23-12)17(22)19-14-6-4-13(5-7-14)11-20-9-2-3-15(20)21/h4-7,12,16,18H,2-3,8-11H2,1H3,(H,19,22)/t12-,16+/m1/s1. The molecule has 0 saturated carbocycles. The maximum Gasteiger partial charge on any atom is 0.244 e. The first kappa shape index (κ1) is 16.0. The number of carbonyl (C=O) groups excluding carboxylic acids is 2. The first-order valence-electron chi connectivity index (χ1n) is 8.16. The SMILES string of the molecule is C[C@H]1OCCN[C@@H]1C(=O)Nc1ccc(CN2CCCC2=O)cc1. The molecule has 2 heterocycles. The van der Waals surface area contributed by atoms with Crippen molar-refractivity contribution in [2.45, 2.75) is 38.5 Å². The first-order valence-corrected chi connectivity index (χ1v) is 8.16. The fraction of sp³-hybridized carbons (Fsp3) is 0.529. The molecule has 0 radical (unpaired) electrons. The molecule has 2 N–H and O–H groups in total. The second kappa shape index (κ2) is 7.10. The van der Waals surface area contributed by atoms with Crippen LogP contribution in [0.5, 0.6) is 0 Å². The number of rotatable bonds is 4. The zero-order valence-electron chi connectivity index (χ0n) is 13.4. The van der Waals surface area contributed by atoms with Gasteiger partial charge in [0.2, 0.25) is 11.8 Å². The molecule has 0 spiro atoms. The van der Waals surface area contributed by atoms with E-state index < -0.39 is 0 Å². The summed E-state index contributed by atoms with van der Waals surface area (Å²) in [5, 5.41) is 6.08. The maximum atomic E-state index is 12.3. The van der Waals surface area contributed by atoms with Crippen LogP contribution in [0.2, 0.25) is 0 Å². The van der Waals surface area contributed by atoms with Crippen molar-refractivity contribution in [3.8, 4) is 0 Å². The number of likely N-dealkylation sites (tertiary alicyclic amines) is 1. The Kier molecular flexibility index (Phi) is 4.93. The number of nitrogens with one attached hydrogen (secondary N) is 2. The van der Waals surface area contributed by atoms with Crippen LogP contribution in [0.15, 0.2) is 24.3 Å². The maximum absolute atomic E-state index is 12.3. The van der Waals surface area contributed by atoms with Gasteiger partial charge < -0.3 is 20.3 Å². The zero-order chi connectivity index (χ0) is 16.2. The van der Waals surface area contributed by atoms with Gasteiger partial charge in [-0.05, 0) is 31.0 Å². The van der Waals surface area contributed by atoms with Gasteiger partial charge in [-0.1, -0.05) is 12.1 Å². The van der Waals surface area contributed by atoms with Gasteiger partial charge in [-0.25, -0.2) is 0 Å². The quantitative estimate of drug-likeness (QED) is 0.873. The molecule has 0 aromatic heterocycles. The van der Waals surface area contributed by atoms with E-state index >= 15 is 0 Å². The fourth-order valence-electron chi connectivity index (χ4n) is 3.03. The van der Waals surface area contributed by atoms with Gasteiger partial charge in [-0.2, -0.15) is 0 Å². The highest BCUT2D eigenvalue weighted by Crippen LogP contribution is 2.17. The van der Waals surface area contributed by atoms with E-state index in [1.54, 1.807) is 0 Å². The molecule has 0 aliphatic carbocycles. The van der Waals surface area contributed by atoms with Gasteiger partial charge in [-0.15, -0.1) is 0 Å². The van der Waals surface area contributed by atoms with Crippen LogP contribution in [0.1, 0.15) is 25.3 Å². The lowest BCUT2D eigenvalue weighted by Gasteiger charge is -2.29. The van der Waals surface area contributed by atoms with Gasteiger partial charge >= 0.3 is 0 Å². The molecule has 23 heavy (non-hydrogen) atoms. The molecule has 1 aromatic carbocycles. The largest absolute Gasteiger partial charge is 0.375 e. The molecule has 124 valence electrons. The minimum absolute atomic E-state index is 0.0836. The summed E-state index contributed by atoms with van der Waals surface area (Å²) < 4.78 is 5.49. The normalized spacial score (nSPS) is 24.7. The van der Waals surface area contributed by atoms with Crippen LogP contribution in [0.25, 0.3) is 0 Å². The fourth-order valence-corrected chi connectivity index (χ4v) is 3.03.